The van der Waals surface area contributed by atoms with E-state index in [9.17, 15) is 13.2 Å². The largest absolute Gasteiger partial charge is 0.339 e. The summed E-state index contributed by atoms with van der Waals surface area (Å²) in [5, 5.41) is 0.444. The van der Waals surface area contributed by atoms with E-state index in [2.05, 4.69) is 29.2 Å². The van der Waals surface area contributed by atoms with Gasteiger partial charge in [-0.15, -0.1) is 0 Å². The first kappa shape index (κ1) is 27.9. The van der Waals surface area contributed by atoms with Gasteiger partial charge in [0, 0.05) is 31.2 Å². The lowest BCUT2D eigenvalue weighted by atomic mass is 9.96. The summed E-state index contributed by atoms with van der Waals surface area (Å²) in [5.74, 6) is -0.228. The van der Waals surface area contributed by atoms with E-state index in [4.69, 9.17) is 11.6 Å². The topological polar surface area (TPSA) is 60.9 Å². The van der Waals surface area contributed by atoms with Crippen molar-refractivity contribution in [3.05, 3.63) is 131 Å². The average Bonchev–Trinajstić information content (AvgIpc) is 2.98. The predicted octanol–water partition coefficient (Wildman–Crippen LogP) is 5.78. The number of benzene rings is 4. The van der Waals surface area contributed by atoms with E-state index >= 15 is 0 Å². The van der Waals surface area contributed by atoms with Gasteiger partial charge in [0.25, 0.3) is 10.0 Å². The van der Waals surface area contributed by atoms with Crippen LogP contribution in [0.15, 0.2) is 114 Å². The summed E-state index contributed by atoms with van der Waals surface area (Å²) in [4.78, 5) is 17.8. The second-order valence-electron chi connectivity index (χ2n) is 9.94. The van der Waals surface area contributed by atoms with E-state index in [1.807, 2.05) is 55.5 Å². The van der Waals surface area contributed by atoms with Gasteiger partial charge in [-0.05, 0) is 54.4 Å². The Morgan fingerprint density at radius 1 is 0.775 bits per heavy atom. The zero-order chi connectivity index (χ0) is 28.1. The molecule has 0 spiro atoms. The van der Waals surface area contributed by atoms with E-state index in [1.165, 1.54) is 27.6 Å². The number of hydrogen-bond donors (Lipinski definition) is 0. The summed E-state index contributed by atoms with van der Waals surface area (Å²) < 4.78 is 28.6. The van der Waals surface area contributed by atoms with Crippen molar-refractivity contribution in [2.45, 2.75) is 17.9 Å². The van der Waals surface area contributed by atoms with Crippen molar-refractivity contribution in [2.75, 3.05) is 37.0 Å². The molecule has 0 aromatic heterocycles. The van der Waals surface area contributed by atoms with Gasteiger partial charge in [-0.2, -0.15) is 0 Å². The van der Waals surface area contributed by atoms with Crippen LogP contribution in [-0.2, 0) is 14.8 Å². The molecule has 1 aliphatic heterocycles. The summed E-state index contributed by atoms with van der Waals surface area (Å²) in [7, 11) is -4.00. The Bertz CT molecular complexity index is 1480. The number of aryl methyl sites for hydroxylation is 1. The Hall–Kier alpha value is -3.65. The van der Waals surface area contributed by atoms with E-state index in [-0.39, 0.29) is 23.4 Å². The normalized spacial score (nSPS) is 14.3. The quantitative estimate of drug-likeness (QED) is 0.268. The maximum absolute atomic E-state index is 13.7. The fraction of sp³-hybridized carbons (Fsp3) is 0.219. The molecule has 0 N–H and O–H groups in total. The van der Waals surface area contributed by atoms with Gasteiger partial charge in [-0.3, -0.25) is 14.0 Å². The molecule has 0 unspecified atom stereocenters. The van der Waals surface area contributed by atoms with Crippen LogP contribution in [0, 0.1) is 6.92 Å². The van der Waals surface area contributed by atoms with E-state index in [0.717, 1.165) is 5.56 Å². The van der Waals surface area contributed by atoms with Crippen LogP contribution >= 0.6 is 11.6 Å². The lowest BCUT2D eigenvalue weighted by molar-refractivity contribution is -0.131. The predicted molar refractivity (Wildman–Crippen MR) is 160 cm³/mol. The molecule has 1 fully saturated rings. The zero-order valence-electron chi connectivity index (χ0n) is 22.4. The highest BCUT2D eigenvalue weighted by molar-refractivity contribution is 7.92. The van der Waals surface area contributed by atoms with E-state index in [1.54, 1.807) is 29.2 Å². The van der Waals surface area contributed by atoms with Gasteiger partial charge in [0.1, 0.15) is 6.54 Å². The van der Waals surface area contributed by atoms with Crippen molar-refractivity contribution in [2.24, 2.45) is 0 Å². The van der Waals surface area contributed by atoms with Crippen molar-refractivity contribution >= 4 is 33.2 Å². The van der Waals surface area contributed by atoms with E-state index < -0.39 is 10.0 Å². The van der Waals surface area contributed by atoms with Crippen LogP contribution < -0.4 is 4.31 Å². The minimum Gasteiger partial charge on any atom is -0.339 e. The molecular weight excluding hydrogens is 542 g/mol. The number of rotatable bonds is 8. The van der Waals surface area contributed by atoms with Crippen LogP contribution in [0.1, 0.15) is 22.7 Å². The number of nitrogens with zero attached hydrogens (tertiary/aromatic N) is 3. The van der Waals surface area contributed by atoms with E-state index in [0.29, 0.717) is 36.9 Å². The molecule has 206 valence electrons. The minimum atomic E-state index is -4.00. The summed E-state index contributed by atoms with van der Waals surface area (Å²) >= 11 is 6.00. The van der Waals surface area contributed by atoms with Crippen LogP contribution in [0.2, 0.25) is 5.02 Å². The minimum absolute atomic E-state index is 0.0778. The van der Waals surface area contributed by atoms with Crippen molar-refractivity contribution in [3.63, 3.8) is 0 Å². The highest BCUT2D eigenvalue weighted by Crippen LogP contribution is 2.30. The third-order valence-corrected chi connectivity index (χ3v) is 9.31. The van der Waals surface area contributed by atoms with Crippen LogP contribution in [0.4, 0.5) is 5.69 Å². The Morgan fingerprint density at radius 2 is 1.30 bits per heavy atom. The summed E-state index contributed by atoms with van der Waals surface area (Å²) in [6.45, 7) is 4.03. The van der Waals surface area contributed by atoms with Crippen LogP contribution in [0.25, 0.3) is 0 Å². The van der Waals surface area contributed by atoms with Gasteiger partial charge >= 0.3 is 0 Å². The second kappa shape index (κ2) is 12.3. The van der Waals surface area contributed by atoms with Gasteiger partial charge in [0.05, 0.1) is 16.6 Å². The number of anilines is 1. The maximum Gasteiger partial charge on any atom is 0.264 e. The molecule has 1 saturated heterocycles. The molecule has 0 radical (unpaired) electrons. The maximum atomic E-state index is 13.7. The van der Waals surface area contributed by atoms with Gasteiger partial charge < -0.3 is 4.90 Å². The smallest absolute Gasteiger partial charge is 0.264 e. The molecule has 40 heavy (non-hydrogen) atoms. The molecule has 5 rings (SSSR count). The Labute approximate surface area is 241 Å². The molecule has 1 heterocycles. The molecule has 6 nitrogen and oxygen atoms in total. The monoisotopic (exact) mass is 573 g/mol. The van der Waals surface area contributed by atoms with Gasteiger partial charge in [-0.25, -0.2) is 8.42 Å². The Balaban J connectivity index is 1.34. The molecular formula is C32H32ClN3O3S. The number of halogens is 1. The zero-order valence-corrected chi connectivity index (χ0v) is 23.9. The Morgan fingerprint density at radius 3 is 1.82 bits per heavy atom. The highest BCUT2D eigenvalue weighted by atomic mass is 35.5. The molecule has 4 aromatic carbocycles. The molecule has 0 bridgehead atoms. The van der Waals surface area contributed by atoms with Crippen LogP contribution in [-0.4, -0.2) is 56.8 Å². The number of piperazine rings is 1. The molecule has 0 atom stereocenters. The first-order valence-electron chi connectivity index (χ1n) is 13.3. The van der Waals surface area contributed by atoms with Crippen molar-refractivity contribution in [1.29, 1.82) is 0 Å². The number of carbonyl (C=O) groups is 1. The molecule has 1 aliphatic rings. The lowest BCUT2D eigenvalue weighted by Gasteiger charge is -2.40. The fourth-order valence-corrected chi connectivity index (χ4v) is 6.64. The van der Waals surface area contributed by atoms with Gasteiger partial charge in [0.2, 0.25) is 5.91 Å². The van der Waals surface area contributed by atoms with Crippen LogP contribution in [0.5, 0.6) is 0 Å². The van der Waals surface area contributed by atoms with Crippen molar-refractivity contribution in [1.82, 2.24) is 9.80 Å². The number of sulfonamides is 1. The highest BCUT2D eigenvalue weighted by Gasteiger charge is 2.32. The average molecular weight is 574 g/mol. The standard InChI is InChI=1S/C32H32ClN3O3S/c1-25-12-16-29(17-13-25)36(40(38,39)30-18-14-28(33)15-19-30)24-31(37)34-20-22-35(23-21-34)32(26-8-4-2-5-9-26)27-10-6-3-7-11-27/h2-19,32H,20-24H2,1H3. The Kier molecular flexibility index (Phi) is 8.54. The molecule has 0 saturated carbocycles. The number of amides is 1. The summed E-state index contributed by atoms with van der Waals surface area (Å²) in [6.07, 6.45) is 0. The molecule has 8 heteroatoms. The third kappa shape index (κ3) is 6.22. The van der Waals surface area contributed by atoms with Crippen molar-refractivity contribution < 1.29 is 13.2 Å². The first-order valence-corrected chi connectivity index (χ1v) is 15.1. The van der Waals surface area contributed by atoms with Gasteiger partial charge in [0.15, 0.2) is 0 Å². The van der Waals surface area contributed by atoms with Crippen LogP contribution in [0.3, 0.4) is 0 Å². The fourth-order valence-electron chi connectivity index (χ4n) is 5.10. The first-order chi connectivity index (χ1) is 19.3. The summed E-state index contributed by atoms with van der Waals surface area (Å²) in [5.41, 5.74) is 3.85. The summed E-state index contributed by atoms with van der Waals surface area (Å²) in [6, 6.07) is 34.0. The van der Waals surface area contributed by atoms with Gasteiger partial charge in [-0.1, -0.05) is 90.0 Å². The molecule has 4 aromatic rings. The SMILES string of the molecule is Cc1ccc(N(CC(=O)N2CCN(C(c3ccccc3)c3ccccc3)CC2)S(=O)(=O)c2ccc(Cl)cc2)cc1. The number of carbonyl (C=O) groups excluding carboxylic acids is 1. The lowest BCUT2D eigenvalue weighted by Crippen LogP contribution is -2.52. The molecule has 1 amide bonds. The van der Waals surface area contributed by atoms with Crippen molar-refractivity contribution in [3.8, 4) is 0 Å². The second-order valence-corrected chi connectivity index (χ2v) is 12.2. The molecule has 0 aliphatic carbocycles. The third-order valence-electron chi connectivity index (χ3n) is 7.27. The number of hydrogen-bond acceptors (Lipinski definition) is 4.